The number of anilines is 1. The summed E-state index contributed by atoms with van der Waals surface area (Å²) in [6.07, 6.45) is 6.51. The lowest BCUT2D eigenvalue weighted by molar-refractivity contribution is 0.0922. The fraction of sp³-hybridized carbons (Fsp3) is 0.538. The molecule has 1 atom stereocenters. The lowest BCUT2D eigenvalue weighted by Crippen LogP contribution is -2.37. The first-order valence-electron chi connectivity index (χ1n) is 6.19. The zero-order valence-corrected chi connectivity index (χ0v) is 11.4. The summed E-state index contributed by atoms with van der Waals surface area (Å²) in [6, 6.07) is 3.58. The minimum Gasteiger partial charge on any atom is -0.397 e. The van der Waals surface area contributed by atoms with E-state index in [1.165, 1.54) is 31.9 Å². The number of aromatic nitrogens is 1. The first-order valence-corrected chi connectivity index (χ1v) is 6.19. The van der Waals surface area contributed by atoms with Crippen LogP contribution in [-0.2, 0) is 0 Å². The van der Waals surface area contributed by atoms with Crippen molar-refractivity contribution in [2.45, 2.75) is 38.6 Å². The smallest absolute Gasteiger partial charge is 0.270 e. The fourth-order valence-corrected chi connectivity index (χ4v) is 2.40. The van der Waals surface area contributed by atoms with Crippen molar-refractivity contribution in [2.24, 2.45) is 5.92 Å². The van der Waals surface area contributed by atoms with E-state index in [1.807, 2.05) is 0 Å². The van der Waals surface area contributed by atoms with E-state index in [2.05, 4.69) is 17.2 Å². The maximum atomic E-state index is 11.9. The molecule has 2 rings (SSSR count). The van der Waals surface area contributed by atoms with Gasteiger partial charge in [0.15, 0.2) is 0 Å². The lowest BCUT2D eigenvalue weighted by atomic mass is 10.00. The summed E-state index contributed by atoms with van der Waals surface area (Å²) in [5, 5.41) is 3.02. The third kappa shape index (κ3) is 3.60. The Balaban J connectivity index is 0.00000162. The van der Waals surface area contributed by atoms with Gasteiger partial charge in [0, 0.05) is 6.04 Å². The average molecular weight is 270 g/mol. The Hall–Kier alpha value is -1.29. The first kappa shape index (κ1) is 14.8. The number of carbonyl (C=O) groups is 1. The number of nitrogens with two attached hydrogens (primary N) is 1. The summed E-state index contributed by atoms with van der Waals surface area (Å²) in [4.78, 5) is 15.9. The number of nitrogens with zero attached hydrogens (tertiary/aromatic N) is 1. The van der Waals surface area contributed by atoms with E-state index >= 15 is 0 Å². The Labute approximate surface area is 114 Å². The SMILES string of the molecule is CC(NC(=O)c1ccc(N)cn1)C1CCCC1.Cl. The van der Waals surface area contributed by atoms with E-state index in [-0.39, 0.29) is 24.4 Å². The van der Waals surface area contributed by atoms with Crippen molar-refractivity contribution in [3.8, 4) is 0 Å². The molecule has 1 unspecified atom stereocenters. The van der Waals surface area contributed by atoms with Crippen LogP contribution in [0.4, 0.5) is 5.69 Å². The number of rotatable bonds is 3. The van der Waals surface area contributed by atoms with Crippen molar-refractivity contribution in [3.05, 3.63) is 24.0 Å². The minimum absolute atomic E-state index is 0. The Morgan fingerprint density at radius 1 is 1.44 bits per heavy atom. The Bertz CT molecular complexity index is 388. The van der Waals surface area contributed by atoms with Crippen molar-refractivity contribution in [1.29, 1.82) is 0 Å². The molecule has 1 fully saturated rings. The van der Waals surface area contributed by atoms with Crippen LogP contribution in [0.2, 0.25) is 0 Å². The third-order valence-corrected chi connectivity index (χ3v) is 3.48. The molecule has 5 heteroatoms. The second-order valence-electron chi connectivity index (χ2n) is 4.78. The Morgan fingerprint density at radius 3 is 2.67 bits per heavy atom. The molecule has 1 aromatic rings. The van der Waals surface area contributed by atoms with Crippen molar-refractivity contribution < 1.29 is 4.79 Å². The molecule has 100 valence electrons. The van der Waals surface area contributed by atoms with Crippen LogP contribution in [0.3, 0.4) is 0 Å². The second-order valence-corrected chi connectivity index (χ2v) is 4.78. The maximum Gasteiger partial charge on any atom is 0.270 e. The highest BCUT2D eigenvalue weighted by atomic mass is 35.5. The van der Waals surface area contributed by atoms with Gasteiger partial charge in [0.25, 0.3) is 5.91 Å². The van der Waals surface area contributed by atoms with E-state index < -0.39 is 0 Å². The van der Waals surface area contributed by atoms with Gasteiger partial charge < -0.3 is 11.1 Å². The summed E-state index contributed by atoms with van der Waals surface area (Å²) >= 11 is 0. The fourth-order valence-electron chi connectivity index (χ4n) is 2.40. The van der Waals surface area contributed by atoms with Crippen molar-refractivity contribution in [1.82, 2.24) is 10.3 Å². The van der Waals surface area contributed by atoms with E-state index in [0.717, 1.165) is 0 Å². The summed E-state index contributed by atoms with van der Waals surface area (Å²) in [7, 11) is 0. The van der Waals surface area contributed by atoms with Gasteiger partial charge in [0.05, 0.1) is 11.9 Å². The van der Waals surface area contributed by atoms with Crippen LogP contribution in [0.15, 0.2) is 18.3 Å². The molecule has 4 nitrogen and oxygen atoms in total. The van der Waals surface area contributed by atoms with Crippen LogP contribution in [0.5, 0.6) is 0 Å². The largest absolute Gasteiger partial charge is 0.397 e. The number of pyridine rings is 1. The Kier molecular flexibility index (Phi) is 5.41. The highest BCUT2D eigenvalue weighted by molar-refractivity contribution is 5.92. The van der Waals surface area contributed by atoms with Gasteiger partial charge >= 0.3 is 0 Å². The predicted molar refractivity (Wildman–Crippen MR) is 74.8 cm³/mol. The molecule has 1 heterocycles. The van der Waals surface area contributed by atoms with E-state index in [9.17, 15) is 4.79 Å². The molecule has 1 saturated carbocycles. The third-order valence-electron chi connectivity index (χ3n) is 3.48. The monoisotopic (exact) mass is 269 g/mol. The molecule has 0 radical (unpaired) electrons. The lowest BCUT2D eigenvalue weighted by Gasteiger charge is -2.20. The number of amides is 1. The zero-order valence-electron chi connectivity index (χ0n) is 10.6. The normalized spacial score (nSPS) is 16.9. The van der Waals surface area contributed by atoms with Gasteiger partial charge in [-0.25, -0.2) is 4.98 Å². The van der Waals surface area contributed by atoms with Crippen LogP contribution in [0.1, 0.15) is 43.1 Å². The number of hydrogen-bond donors (Lipinski definition) is 2. The molecule has 0 saturated heterocycles. The summed E-state index contributed by atoms with van der Waals surface area (Å²) in [5.74, 6) is 0.511. The quantitative estimate of drug-likeness (QED) is 0.885. The van der Waals surface area contributed by atoms with Crippen molar-refractivity contribution in [2.75, 3.05) is 5.73 Å². The number of carbonyl (C=O) groups excluding carboxylic acids is 1. The number of nitrogens with one attached hydrogen (secondary N) is 1. The molecular weight excluding hydrogens is 250 g/mol. The second kappa shape index (κ2) is 6.59. The summed E-state index contributed by atoms with van der Waals surface area (Å²) in [5.41, 5.74) is 6.54. The topological polar surface area (TPSA) is 68.0 Å². The number of hydrogen-bond acceptors (Lipinski definition) is 3. The highest BCUT2D eigenvalue weighted by Gasteiger charge is 2.23. The van der Waals surface area contributed by atoms with Crippen LogP contribution in [0.25, 0.3) is 0 Å². The molecule has 0 aromatic carbocycles. The van der Waals surface area contributed by atoms with Gasteiger partial charge in [-0.15, -0.1) is 12.4 Å². The van der Waals surface area contributed by atoms with Crippen LogP contribution in [-0.4, -0.2) is 16.9 Å². The van der Waals surface area contributed by atoms with Gasteiger partial charge in [-0.1, -0.05) is 12.8 Å². The number of nitrogen functional groups attached to an aromatic ring is 1. The summed E-state index contributed by atoms with van der Waals surface area (Å²) < 4.78 is 0. The minimum atomic E-state index is -0.107. The molecular formula is C13H20ClN3O. The molecule has 1 aliphatic rings. The molecule has 18 heavy (non-hydrogen) atoms. The molecule has 0 bridgehead atoms. The summed E-state index contributed by atoms with van der Waals surface area (Å²) in [6.45, 7) is 2.07. The highest BCUT2D eigenvalue weighted by Crippen LogP contribution is 2.27. The Morgan fingerprint density at radius 2 is 2.11 bits per heavy atom. The molecule has 0 spiro atoms. The van der Waals surface area contributed by atoms with Crippen molar-refractivity contribution >= 4 is 24.0 Å². The van der Waals surface area contributed by atoms with E-state index in [1.54, 1.807) is 12.1 Å². The molecule has 1 aromatic heterocycles. The van der Waals surface area contributed by atoms with E-state index in [4.69, 9.17) is 5.73 Å². The average Bonchev–Trinajstić information content (AvgIpc) is 2.83. The maximum absolute atomic E-state index is 11.9. The molecule has 3 N–H and O–H groups in total. The predicted octanol–water partition coefficient (Wildman–Crippen LogP) is 2.39. The first-order chi connectivity index (χ1) is 8.16. The van der Waals surface area contributed by atoms with Gasteiger partial charge in [-0.05, 0) is 37.8 Å². The van der Waals surface area contributed by atoms with Crippen molar-refractivity contribution in [3.63, 3.8) is 0 Å². The van der Waals surface area contributed by atoms with Gasteiger partial charge in [0.1, 0.15) is 5.69 Å². The molecule has 1 amide bonds. The van der Waals surface area contributed by atoms with Gasteiger partial charge in [-0.2, -0.15) is 0 Å². The zero-order chi connectivity index (χ0) is 12.3. The van der Waals surface area contributed by atoms with Gasteiger partial charge in [0.2, 0.25) is 0 Å². The van der Waals surface area contributed by atoms with Gasteiger partial charge in [-0.3, -0.25) is 4.79 Å². The standard InChI is InChI=1S/C13H19N3O.ClH/c1-9(10-4-2-3-5-10)16-13(17)12-7-6-11(14)8-15-12;/h6-10H,2-5,14H2,1H3,(H,16,17);1H. The van der Waals surface area contributed by atoms with E-state index in [0.29, 0.717) is 17.3 Å². The molecule has 1 aliphatic carbocycles. The molecule has 0 aliphatic heterocycles. The van der Waals surface area contributed by atoms with Crippen LogP contribution < -0.4 is 11.1 Å². The van der Waals surface area contributed by atoms with Crippen LogP contribution >= 0.6 is 12.4 Å². The van der Waals surface area contributed by atoms with Crippen LogP contribution in [0, 0.1) is 5.92 Å². The number of halogens is 1.